The first kappa shape index (κ1) is 13.9. The van der Waals surface area contributed by atoms with Crippen LogP contribution in [0.4, 0.5) is 0 Å². The molecule has 1 unspecified atom stereocenters. The summed E-state index contributed by atoms with van der Waals surface area (Å²) in [4.78, 5) is 21.6. The Labute approximate surface area is 90.2 Å². The molecule has 0 fully saturated rings. The third kappa shape index (κ3) is 9.21. The number of carbonyl (C=O) groups is 2. The van der Waals surface area contributed by atoms with Crippen LogP contribution >= 0.6 is 0 Å². The molecule has 0 rings (SSSR count). The van der Waals surface area contributed by atoms with Gasteiger partial charge in [-0.05, 0) is 6.92 Å². The first-order valence-corrected chi connectivity index (χ1v) is 5.16. The Hall–Kier alpha value is -1.10. The number of aliphatic carboxylic acids is 1. The van der Waals surface area contributed by atoms with Crippen LogP contribution in [0.1, 0.15) is 33.6 Å². The fourth-order valence-electron chi connectivity index (χ4n) is 1.13. The minimum atomic E-state index is -0.900. The molecule has 0 bridgehead atoms. The van der Waals surface area contributed by atoms with Crippen LogP contribution in [0.2, 0.25) is 0 Å². The summed E-state index contributed by atoms with van der Waals surface area (Å²) in [6.07, 6.45) is 0.339. The summed E-state index contributed by atoms with van der Waals surface area (Å²) < 4.78 is 0. The Kier molecular flexibility index (Phi) is 6.70. The van der Waals surface area contributed by atoms with Crippen molar-refractivity contribution in [2.75, 3.05) is 6.54 Å². The van der Waals surface area contributed by atoms with E-state index in [0.717, 1.165) is 0 Å². The minimum Gasteiger partial charge on any atom is -0.481 e. The molecular formula is C10H20N2O3. The van der Waals surface area contributed by atoms with E-state index >= 15 is 0 Å². The van der Waals surface area contributed by atoms with Gasteiger partial charge in [0.1, 0.15) is 0 Å². The van der Waals surface area contributed by atoms with Gasteiger partial charge in [0.25, 0.3) is 0 Å². The maximum atomic E-state index is 11.3. The molecule has 0 aliphatic heterocycles. The van der Waals surface area contributed by atoms with Crippen molar-refractivity contribution in [3.8, 4) is 0 Å². The number of hydrogen-bond acceptors (Lipinski definition) is 3. The summed E-state index contributed by atoms with van der Waals surface area (Å²) in [5.41, 5.74) is 0. The van der Waals surface area contributed by atoms with E-state index in [9.17, 15) is 9.59 Å². The molecule has 0 aromatic rings. The zero-order valence-corrected chi connectivity index (χ0v) is 9.54. The molecule has 0 aromatic carbocycles. The highest BCUT2D eigenvalue weighted by atomic mass is 16.4. The van der Waals surface area contributed by atoms with Crippen LogP contribution in [0.15, 0.2) is 0 Å². The number of carboxylic acid groups (broad SMARTS) is 1. The molecule has 1 amide bonds. The lowest BCUT2D eigenvalue weighted by Gasteiger charge is -2.12. The van der Waals surface area contributed by atoms with Crippen molar-refractivity contribution in [2.45, 2.75) is 45.7 Å². The standard InChI is InChI=1S/C10H20N2O3/c1-7(2)11-5-4-9(13)12-8(3)6-10(14)15/h7-8,11H,4-6H2,1-3H3,(H,12,13)(H,14,15). The molecule has 15 heavy (non-hydrogen) atoms. The van der Waals surface area contributed by atoms with Gasteiger partial charge in [-0.25, -0.2) is 0 Å². The van der Waals surface area contributed by atoms with Crippen molar-refractivity contribution >= 4 is 11.9 Å². The number of nitrogens with one attached hydrogen (secondary N) is 2. The molecule has 0 aromatic heterocycles. The normalized spacial score (nSPS) is 12.5. The van der Waals surface area contributed by atoms with Gasteiger partial charge in [0.2, 0.25) is 5.91 Å². The second-order valence-electron chi connectivity index (χ2n) is 3.93. The van der Waals surface area contributed by atoms with Crippen molar-refractivity contribution in [3.05, 3.63) is 0 Å². The topological polar surface area (TPSA) is 78.4 Å². The Balaban J connectivity index is 3.60. The fraction of sp³-hybridized carbons (Fsp3) is 0.800. The van der Waals surface area contributed by atoms with Crippen LogP contribution < -0.4 is 10.6 Å². The minimum absolute atomic E-state index is 0.0383. The van der Waals surface area contributed by atoms with Crippen LogP contribution in [-0.2, 0) is 9.59 Å². The van der Waals surface area contributed by atoms with E-state index in [1.807, 2.05) is 13.8 Å². The number of rotatable bonds is 7. The third-order valence-corrected chi connectivity index (χ3v) is 1.79. The van der Waals surface area contributed by atoms with Gasteiger partial charge in [-0.2, -0.15) is 0 Å². The second kappa shape index (κ2) is 7.23. The number of hydrogen-bond donors (Lipinski definition) is 3. The van der Waals surface area contributed by atoms with Gasteiger partial charge in [0.15, 0.2) is 0 Å². The molecular weight excluding hydrogens is 196 g/mol. The summed E-state index contributed by atoms with van der Waals surface area (Å²) in [5.74, 6) is -1.01. The first-order chi connectivity index (χ1) is 6.91. The number of carbonyl (C=O) groups excluding carboxylic acids is 1. The van der Waals surface area contributed by atoms with E-state index in [1.165, 1.54) is 0 Å². The monoisotopic (exact) mass is 216 g/mol. The van der Waals surface area contributed by atoms with Gasteiger partial charge >= 0.3 is 5.97 Å². The summed E-state index contributed by atoms with van der Waals surface area (Å²) in [5, 5.41) is 14.2. The summed E-state index contributed by atoms with van der Waals surface area (Å²) in [6, 6.07) is 0.0447. The third-order valence-electron chi connectivity index (χ3n) is 1.79. The Morgan fingerprint density at radius 3 is 2.33 bits per heavy atom. The molecule has 3 N–H and O–H groups in total. The SMILES string of the molecule is CC(C)NCCC(=O)NC(C)CC(=O)O. The number of carboxylic acids is 1. The summed E-state index contributed by atoms with van der Waals surface area (Å²) >= 11 is 0. The molecule has 0 aliphatic carbocycles. The van der Waals surface area contributed by atoms with E-state index in [2.05, 4.69) is 10.6 Å². The molecule has 0 heterocycles. The largest absolute Gasteiger partial charge is 0.481 e. The van der Waals surface area contributed by atoms with Crippen LogP contribution in [0.3, 0.4) is 0 Å². The van der Waals surface area contributed by atoms with Crippen LogP contribution in [-0.4, -0.2) is 35.6 Å². The number of amides is 1. The lowest BCUT2D eigenvalue weighted by molar-refractivity contribution is -0.137. The van der Waals surface area contributed by atoms with Gasteiger partial charge in [-0.15, -0.1) is 0 Å². The molecule has 0 spiro atoms. The molecule has 88 valence electrons. The lowest BCUT2D eigenvalue weighted by Crippen LogP contribution is -2.36. The van der Waals surface area contributed by atoms with Gasteiger partial charge < -0.3 is 15.7 Å². The predicted molar refractivity (Wildman–Crippen MR) is 57.6 cm³/mol. The van der Waals surface area contributed by atoms with Crippen molar-refractivity contribution in [1.29, 1.82) is 0 Å². The van der Waals surface area contributed by atoms with Crippen LogP contribution in [0, 0.1) is 0 Å². The highest BCUT2D eigenvalue weighted by Gasteiger charge is 2.10. The maximum absolute atomic E-state index is 11.3. The van der Waals surface area contributed by atoms with Crippen molar-refractivity contribution in [1.82, 2.24) is 10.6 Å². The Morgan fingerprint density at radius 2 is 1.87 bits per heavy atom. The van der Waals surface area contributed by atoms with E-state index in [1.54, 1.807) is 6.92 Å². The zero-order valence-electron chi connectivity index (χ0n) is 9.54. The smallest absolute Gasteiger partial charge is 0.305 e. The van der Waals surface area contributed by atoms with E-state index in [-0.39, 0.29) is 18.4 Å². The summed E-state index contributed by atoms with van der Waals surface area (Å²) in [7, 11) is 0. The first-order valence-electron chi connectivity index (χ1n) is 5.16. The van der Waals surface area contributed by atoms with Crippen molar-refractivity contribution in [3.63, 3.8) is 0 Å². The van der Waals surface area contributed by atoms with Gasteiger partial charge in [0, 0.05) is 25.0 Å². The molecule has 5 nitrogen and oxygen atoms in total. The highest BCUT2D eigenvalue weighted by molar-refractivity contribution is 5.77. The Bertz CT molecular complexity index is 217. The van der Waals surface area contributed by atoms with Gasteiger partial charge in [-0.3, -0.25) is 9.59 Å². The molecule has 1 atom stereocenters. The van der Waals surface area contributed by atoms with E-state index < -0.39 is 5.97 Å². The molecule has 5 heteroatoms. The Morgan fingerprint density at radius 1 is 1.27 bits per heavy atom. The summed E-state index contributed by atoms with van der Waals surface area (Å²) in [6.45, 7) is 6.31. The van der Waals surface area contributed by atoms with E-state index in [4.69, 9.17) is 5.11 Å². The fourth-order valence-corrected chi connectivity index (χ4v) is 1.13. The van der Waals surface area contributed by atoms with Gasteiger partial charge in [0.05, 0.1) is 6.42 Å². The average molecular weight is 216 g/mol. The predicted octanol–water partition coefficient (Wildman–Crippen LogP) is 0.354. The van der Waals surface area contributed by atoms with Crippen LogP contribution in [0.25, 0.3) is 0 Å². The van der Waals surface area contributed by atoms with Gasteiger partial charge in [-0.1, -0.05) is 13.8 Å². The quantitative estimate of drug-likeness (QED) is 0.574. The molecule has 0 aliphatic rings. The zero-order chi connectivity index (χ0) is 11.8. The molecule has 0 saturated heterocycles. The second-order valence-corrected chi connectivity index (χ2v) is 3.93. The maximum Gasteiger partial charge on any atom is 0.305 e. The molecule has 0 radical (unpaired) electrons. The van der Waals surface area contributed by atoms with Crippen molar-refractivity contribution < 1.29 is 14.7 Å². The lowest BCUT2D eigenvalue weighted by atomic mass is 10.2. The average Bonchev–Trinajstić information content (AvgIpc) is 2.00. The van der Waals surface area contributed by atoms with Crippen LogP contribution in [0.5, 0.6) is 0 Å². The van der Waals surface area contributed by atoms with Crippen molar-refractivity contribution in [2.24, 2.45) is 0 Å². The highest BCUT2D eigenvalue weighted by Crippen LogP contribution is 1.91. The van der Waals surface area contributed by atoms with E-state index in [0.29, 0.717) is 19.0 Å². The molecule has 0 saturated carbocycles.